The Bertz CT molecular complexity index is 914. The number of fused-ring (bicyclic) bond motifs is 1. The second-order valence-electron chi connectivity index (χ2n) is 9.33. The standard InChI is InChI=1S/C27H37N3O3.C2H6/c1-5-6-9-21-18-23(25(31)30(4)24-11-8-7-10-22(21)24)29-26(32)27(13-16-33-17-14-27)19-28-15-12-20(2)3;1-2/h5-11,18,20,23,28H,1,12-17,19H2,2-4H3,(H,29,32);1-2H3/b9-6-;. The van der Waals surface area contributed by atoms with Crippen LogP contribution in [0, 0.1) is 11.3 Å². The summed E-state index contributed by atoms with van der Waals surface area (Å²) in [5.74, 6) is 0.349. The van der Waals surface area contributed by atoms with Crippen LogP contribution in [0.5, 0.6) is 0 Å². The van der Waals surface area contributed by atoms with Crippen LogP contribution in [0.4, 0.5) is 5.69 Å². The van der Waals surface area contributed by atoms with Crippen molar-refractivity contribution in [2.45, 2.75) is 53.0 Å². The first-order valence-electron chi connectivity index (χ1n) is 12.9. The van der Waals surface area contributed by atoms with Crippen LogP contribution in [0.2, 0.25) is 0 Å². The molecule has 0 bridgehead atoms. The van der Waals surface area contributed by atoms with Gasteiger partial charge in [-0.05, 0) is 49.4 Å². The third kappa shape index (κ3) is 7.39. The molecule has 1 fully saturated rings. The van der Waals surface area contributed by atoms with Crippen molar-refractivity contribution in [2.24, 2.45) is 11.3 Å². The highest BCUT2D eigenvalue weighted by Gasteiger charge is 2.41. The lowest BCUT2D eigenvalue weighted by atomic mass is 9.78. The fraction of sp³-hybridized carbons (Fsp3) is 0.517. The maximum Gasteiger partial charge on any atom is 0.253 e. The Hall–Kier alpha value is -2.70. The monoisotopic (exact) mass is 481 g/mol. The Labute approximate surface area is 211 Å². The molecule has 0 radical (unpaired) electrons. The highest BCUT2D eigenvalue weighted by Crippen LogP contribution is 2.33. The number of anilines is 1. The summed E-state index contributed by atoms with van der Waals surface area (Å²) in [6.07, 6.45) is 9.65. The Morgan fingerprint density at radius 2 is 1.94 bits per heavy atom. The number of ether oxygens (including phenoxy) is 1. The van der Waals surface area contributed by atoms with Crippen LogP contribution >= 0.6 is 0 Å². The molecule has 2 N–H and O–H groups in total. The van der Waals surface area contributed by atoms with Crippen molar-refractivity contribution in [1.82, 2.24) is 10.6 Å². The minimum Gasteiger partial charge on any atom is -0.381 e. The number of carbonyl (C=O) groups is 2. The highest BCUT2D eigenvalue weighted by atomic mass is 16.5. The number of likely N-dealkylation sites (N-methyl/N-ethyl adjacent to an activating group) is 1. The summed E-state index contributed by atoms with van der Waals surface area (Å²) in [7, 11) is 1.76. The van der Waals surface area contributed by atoms with Crippen molar-refractivity contribution in [2.75, 3.05) is 38.3 Å². The van der Waals surface area contributed by atoms with Gasteiger partial charge in [-0.1, -0.05) is 70.7 Å². The van der Waals surface area contributed by atoms with E-state index >= 15 is 0 Å². The van der Waals surface area contributed by atoms with Gasteiger partial charge in [-0.3, -0.25) is 9.59 Å². The smallest absolute Gasteiger partial charge is 0.253 e. The van der Waals surface area contributed by atoms with E-state index in [-0.39, 0.29) is 11.8 Å². The fourth-order valence-corrected chi connectivity index (χ4v) is 4.36. The second kappa shape index (κ2) is 14.0. The van der Waals surface area contributed by atoms with Gasteiger partial charge in [0.05, 0.1) is 11.1 Å². The van der Waals surface area contributed by atoms with Crippen LogP contribution in [0.3, 0.4) is 0 Å². The number of benzene rings is 1. The molecule has 2 heterocycles. The van der Waals surface area contributed by atoms with Gasteiger partial charge in [0.15, 0.2) is 0 Å². The van der Waals surface area contributed by atoms with E-state index in [4.69, 9.17) is 4.74 Å². The molecule has 3 rings (SSSR count). The van der Waals surface area contributed by atoms with E-state index in [1.165, 1.54) is 0 Å². The average molecular weight is 482 g/mol. The number of hydrogen-bond donors (Lipinski definition) is 2. The molecular weight excluding hydrogens is 438 g/mol. The highest BCUT2D eigenvalue weighted by molar-refractivity contribution is 6.06. The molecule has 2 aliphatic rings. The van der Waals surface area contributed by atoms with Crippen LogP contribution in [-0.4, -0.2) is 51.2 Å². The van der Waals surface area contributed by atoms with Crippen molar-refractivity contribution >= 4 is 23.1 Å². The summed E-state index contributed by atoms with van der Waals surface area (Å²) in [6.45, 7) is 14.7. The number of nitrogens with one attached hydrogen (secondary N) is 2. The number of hydrogen-bond acceptors (Lipinski definition) is 4. The van der Waals surface area contributed by atoms with Crippen LogP contribution in [-0.2, 0) is 14.3 Å². The van der Waals surface area contributed by atoms with Gasteiger partial charge < -0.3 is 20.3 Å². The zero-order valence-corrected chi connectivity index (χ0v) is 22.1. The first-order chi connectivity index (χ1) is 16.9. The van der Waals surface area contributed by atoms with E-state index in [1.54, 1.807) is 18.0 Å². The molecular formula is C29H43N3O3. The normalized spacial score (nSPS) is 19.4. The molecule has 1 saturated heterocycles. The molecule has 1 aromatic rings. The maximum atomic E-state index is 13.6. The van der Waals surface area contributed by atoms with Gasteiger partial charge in [-0.15, -0.1) is 0 Å². The zero-order valence-electron chi connectivity index (χ0n) is 22.1. The molecule has 0 aliphatic carbocycles. The van der Waals surface area contributed by atoms with E-state index in [2.05, 4.69) is 31.1 Å². The summed E-state index contributed by atoms with van der Waals surface area (Å²) in [4.78, 5) is 28.6. The summed E-state index contributed by atoms with van der Waals surface area (Å²) < 4.78 is 5.56. The van der Waals surface area contributed by atoms with Crippen molar-refractivity contribution < 1.29 is 14.3 Å². The van der Waals surface area contributed by atoms with Crippen molar-refractivity contribution in [3.05, 3.63) is 60.7 Å². The number of amides is 2. The molecule has 6 nitrogen and oxygen atoms in total. The molecule has 35 heavy (non-hydrogen) atoms. The van der Waals surface area contributed by atoms with Gasteiger partial charge in [0.2, 0.25) is 5.91 Å². The zero-order chi connectivity index (χ0) is 25.8. The fourth-order valence-electron chi connectivity index (χ4n) is 4.36. The predicted octanol–water partition coefficient (Wildman–Crippen LogP) is 4.73. The molecule has 1 aromatic carbocycles. The molecule has 0 saturated carbocycles. The van der Waals surface area contributed by atoms with Gasteiger partial charge in [0, 0.05) is 32.4 Å². The van der Waals surface area contributed by atoms with Crippen molar-refractivity contribution in [3.63, 3.8) is 0 Å². The lowest BCUT2D eigenvalue weighted by Crippen LogP contribution is -2.55. The first kappa shape index (κ1) is 28.5. The molecule has 1 unspecified atom stereocenters. The van der Waals surface area contributed by atoms with Crippen LogP contribution < -0.4 is 15.5 Å². The lowest BCUT2D eigenvalue weighted by Gasteiger charge is -2.37. The third-order valence-electron chi connectivity index (χ3n) is 6.51. The molecule has 192 valence electrons. The van der Waals surface area contributed by atoms with Gasteiger partial charge >= 0.3 is 0 Å². The van der Waals surface area contributed by atoms with E-state index in [9.17, 15) is 9.59 Å². The SMILES string of the molecule is C=C/C=C\C1=CC(NC(=O)C2(CNCCC(C)C)CCOCC2)C(=O)N(C)c2ccccc21.CC. The summed E-state index contributed by atoms with van der Waals surface area (Å²) in [5, 5.41) is 6.56. The summed E-state index contributed by atoms with van der Waals surface area (Å²) in [6, 6.07) is 7.02. The number of rotatable bonds is 9. The van der Waals surface area contributed by atoms with E-state index in [1.807, 2.05) is 56.3 Å². The molecule has 2 amide bonds. The van der Waals surface area contributed by atoms with Gasteiger partial charge in [-0.25, -0.2) is 0 Å². The summed E-state index contributed by atoms with van der Waals surface area (Å²) in [5.41, 5.74) is 2.05. The largest absolute Gasteiger partial charge is 0.381 e. The average Bonchev–Trinajstić information content (AvgIpc) is 2.97. The Balaban J connectivity index is 0.00000210. The molecule has 0 aromatic heterocycles. The lowest BCUT2D eigenvalue weighted by molar-refractivity contribution is -0.138. The second-order valence-corrected chi connectivity index (χ2v) is 9.33. The van der Waals surface area contributed by atoms with Crippen LogP contribution in [0.15, 0.2) is 55.1 Å². The number of para-hydroxylation sites is 1. The van der Waals surface area contributed by atoms with Crippen molar-refractivity contribution in [3.8, 4) is 0 Å². The summed E-state index contributed by atoms with van der Waals surface area (Å²) >= 11 is 0. The third-order valence-corrected chi connectivity index (χ3v) is 6.51. The van der Waals surface area contributed by atoms with Crippen LogP contribution in [0.25, 0.3) is 5.57 Å². The Kier molecular flexibility index (Phi) is 11.4. The Morgan fingerprint density at radius 3 is 2.60 bits per heavy atom. The number of nitrogens with zero attached hydrogens (tertiary/aromatic N) is 1. The van der Waals surface area contributed by atoms with E-state index < -0.39 is 11.5 Å². The first-order valence-corrected chi connectivity index (χ1v) is 12.9. The van der Waals surface area contributed by atoms with E-state index in [0.717, 1.165) is 29.8 Å². The molecule has 1 atom stereocenters. The van der Waals surface area contributed by atoms with E-state index in [0.29, 0.717) is 38.5 Å². The topological polar surface area (TPSA) is 70.7 Å². The van der Waals surface area contributed by atoms with Crippen molar-refractivity contribution in [1.29, 1.82) is 0 Å². The quantitative estimate of drug-likeness (QED) is 0.395. The van der Waals surface area contributed by atoms with Gasteiger partial charge in [0.25, 0.3) is 5.91 Å². The van der Waals surface area contributed by atoms with Gasteiger partial charge in [0.1, 0.15) is 6.04 Å². The number of carbonyl (C=O) groups excluding carboxylic acids is 2. The molecule has 6 heteroatoms. The predicted molar refractivity (Wildman–Crippen MR) is 145 cm³/mol. The number of allylic oxidation sites excluding steroid dienone is 4. The van der Waals surface area contributed by atoms with Crippen LogP contribution in [0.1, 0.15) is 52.5 Å². The minimum absolute atomic E-state index is 0.0937. The Morgan fingerprint density at radius 1 is 1.26 bits per heavy atom. The van der Waals surface area contributed by atoms with Gasteiger partial charge in [-0.2, -0.15) is 0 Å². The maximum absolute atomic E-state index is 13.6. The molecule has 2 aliphatic heterocycles. The molecule has 0 spiro atoms. The minimum atomic E-state index is -0.755.